The van der Waals surface area contributed by atoms with Gasteiger partial charge in [-0.2, -0.15) is 0 Å². The zero-order chi connectivity index (χ0) is 12.5. The second-order valence-corrected chi connectivity index (χ2v) is 3.53. The number of halogens is 1. The van der Waals surface area contributed by atoms with Gasteiger partial charge in [-0.15, -0.1) is 30.6 Å². The summed E-state index contributed by atoms with van der Waals surface area (Å²) in [6.07, 6.45) is 1.79. The molecular formula is C13H20IN3O. The van der Waals surface area contributed by atoms with E-state index in [-0.39, 0.29) is 29.7 Å². The Kier molecular flexibility index (Phi) is 9.08. The summed E-state index contributed by atoms with van der Waals surface area (Å²) >= 11 is 0. The van der Waals surface area contributed by atoms with E-state index in [1.807, 2.05) is 19.1 Å². The molecule has 5 heteroatoms. The van der Waals surface area contributed by atoms with Crippen molar-refractivity contribution in [3.63, 3.8) is 0 Å². The Balaban J connectivity index is 0.00000289. The number of rotatable bonds is 5. The predicted octanol–water partition coefficient (Wildman–Crippen LogP) is 2.25. The number of nitrogens with one attached hydrogen (secondary N) is 2. The van der Waals surface area contributed by atoms with Crippen molar-refractivity contribution >= 4 is 29.9 Å². The van der Waals surface area contributed by atoms with E-state index in [1.165, 1.54) is 0 Å². The van der Waals surface area contributed by atoms with Gasteiger partial charge >= 0.3 is 0 Å². The third kappa shape index (κ3) is 6.48. The minimum absolute atomic E-state index is 0. The second-order valence-electron chi connectivity index (χ2n) is 3.53. The summed E-state index contributed by atoms with van der Waals surface area (Å²) in [7, 11) is 0. The van der Waals surface area contributed by atoms with Gasteiger partial charge in [0.05, 0.1) is 6.54 Å². The summed E-state index contributed by atoms with van der Waals surface area (Å²) in [6, 6.07) is 7.04. The molecule has 1 aromatic carbocycles. The highest BCUT2D eigenvalue weighted by molar-refractivity contribution is 14.0. The van der Waals surface area contributed by atoms with Crippen molar-refractivity contribution in [2.75, 3.05) is 13.1 Å². The fourth-order valence-electron chi connectivity index (χ4n) is 1.28. The number of aliphatic imine (C=N–C) groups is 1. The summed E-state index contributed by atoms with van der Waals surface area (Å²) in [5.74, 6) is 1.04. The van der Waals surface area contributed by atoms with E-state index in [0.717, 1.165) is 18.1 Å². The number of guanidine groups is 1. The molecule has 0 aliphatic heterocycles. The van der Waals surface area contributed by atoms with Gasteiger partial charge in [-0.1, -0.05) is 18.2 Å². The molecule has 18 heavy (non-hydrogen) atoms. The molecule has 0 bridgehead atoms. The maximum absolute atomic E-state index is 9.16. The van der Waals surface area contributed by atoms with Crippen LogP contribution in [0.25, 0.3) is 0 Å². The first-order valence-corrected chi connectivity index (χ1v) is 5.67. The summed E-state index contributed by atoms with van der Waals surface area (Å²) in [5, 5.41) is 15.4. The van der Waals surface area contributed by atoms with Gasteiger partial charge in [0.15, 0.2) is 5.96 Å². The van der Waals surface area contributed by atoms with Crippen molar-refractivity contribution in [3.05, 3.63) is 42.5 Å². The van der Waals surface area contributed by atoms with Crippen molar-refractivity contribution in [1.29, 1.82) is 0 Å². The van der Waals surface area contributed by atoms with E-state index in [9.17, 15) is 0 Å². The molecule has 0 spiro atoms. The van der Waals surface area contributed by atoms with Crippen molar-refractivity contribution < 1.29 is 5.11 Å². The van der Waals surface area contributed by atoms with E-state index in [1.54, 1.807) is 18.2 Å². The normalized spacial score (nSPS) is 10.4. The van der Waals surface area contributed by atoms with Gasteiger partial charge in [0.25, 0.3) is 0 Å². The van der Waals surface area contributed by atoms with Crippen LogP contribution in [0.2, 0.25) is 0 Å². The lowest BCUT2D eigenvalue weighted by atomic mass is 10.2. The van der Waals surface area contributed by atoms with Crippen LogP contribution in [0.15, 0.2) is 41.9 Å². The number of benzene rings is 1. The van der Waals surface area contributed by atoms with Crippen LogP contribution in [0.5, 0.6) is 5.75 Å². The maximum atomic E-state index is 9.16. The predicted molar refractivity (Wildman–Crippen MR) is 86.5 cm³/mol. The monoisotopic (exact) mass is 361 g/mol. The average molecular weight is 361 g/mol. The lowest BCUT2D eigenvalue weighted by molar-refractivity contribution is 0.475. The SMILES string of the molecule is C=CCNC(=NCc1ccc(O)cc1)NCC.I. The molecule has 0 unspecified atom stereocenters. The lowest BCUT2D eigenvalue weighted by Gasteiger charge is -2.09. The molecule has 0 aliphatic rings. The third-order valence-electron chi connectivity index (χ3n) is 2.11. The lowest BCUT2D eigenvalue weighted by Crippen LogP contribution is -2.37. The standard InChI is InChI=1S/C13H19N3O.HI/c1-3-9-15-13(14-4-2)16-10-11-5-7-12(17)8-6-11;/h3,5-8,17H,1,4,9-10H2,2H3,(H2,14,15,16);1H. The van der Waals surface area contributed by atoms with E-state index in [2.05, 4.69) is 22.2 Å². The minimum atomic E-state index is 0. The molecule has 1 aromatic rings. The van der Waals surface area contributed by atoms with Crippen molar-refractivity contribution in [2.24, 2.45) is 4.99 Å². The molecule has 100 valence electrons. The molecule has 3 N–H and O–H groups in total. The van der Waals surface area contributed by atoms with Crippen LogP contribution < -0.4 is 10.6 Å². The fraction of sp³-hybridized carbons (Fsp3) is 0.308. The van der Waals surface area contributed by atoms with Gasteiger partial charge in [0, 0.05) is 13.1 Å². The van der Waals surface area contributed by atoms with Crippen LogP contribution in [0, 0.1) is 0 Å². The summed E-state index contributed by atoms with van der Waals surface area (Å²) in [5.41, 5.74) is 1.05. The van der Waals surface area contributed by atoms with Gasteiger partial charge in [-0.3, -0.25) is 0 Å². The van der Waals surface area contributed by atoms with Crippen LogP contribution in [-0.2, 0) is 6.54 Å². The topological polar surface area (TPSA) is 56.7 Å². The zero-order valence-corrected chi connectivity index (χ0v) is 12.8. The summed E-state index contributed by atoms with van der Waals surface area (Å²) in [4.78, 5) is 4.42. The van der Waals surface area contributed by atoms with Crippen molar-refractivity contribution in [3.8, 4) is 5.75 Å². The Hall–Kier alpha value is -1.24. The quantitative estimate of drug-likeness (QED) is 0.326. The van der Waals surface area contributed by atoms with Crippen LogP contribution in [0.1, 0.15) is 12.5 Å². The molecule has 1 rings (SSSR count). The first kappa shape index (κ1) is 16.8. The van der Waals surface area contributed by atoms with E-state index in [4.69, 9.17) is 5.11 Å². The van der Waals surface area contributed by atoms with Crippen LogP contribution in [0.3, 0.4) is 0 Å². The smallest absolute Gasteiger partial charge is 0.191 e. The summed E-state index contributed by atoms with van der Waals surface area (Å²) in [6.45, 7) is 7.74. The molecule has 0 atom stereocenters. The number of phenolic OH excluding ortho intramolecular Hbond substituents is 1. The number of hydrogen-bond acceptors (Lipinski definition) is 2. The van der Waals surface area contributed by atoms with Crippen molar-refractivity contribution in [2.45, 2.75) is 13.5 Å². The van der Waals surface area contributed by atoms with Crippen LogP contribution in [-0.4, -0.2) is 24.2 Å². The summed E-state index contributed by atoms with van der Waals surface area (Å²) < 4.78 is 0. The van der Waals surface area contributed by atoms with E-state index < -0.39 is 0 Å². The molecular weight excluding hydrogens is 341 g/mol. The Morgan fingerprint density at radius 3 is 2.56 bits per heavy atom. The van der Waals surface area contributed by atoms with E-state index in [0.29, 0.717) is 13.1 Å². The van der Waals surface area contributed by atoms with Crippen LogP contribution in [0.4, 0.5) is 0 Å². The first-order chi connectivity index (χ1) is 8.26. The molecule has 0 saturated heterocycles. The van der Waals surface area contributed by atoms with E-state index >= 15 is 0 Å². The highest BCUT2D eigenvalue weighted by atomic mass is 127. The third-order valence-corrected chi connectivity index (χ3v) is 2.11. The van der Waals surface area contributed by atoms with Gasteiger partial charge in [-0.25, -0.2) is 4.99 Å². The highest BCUT2D eigenvalue weighted by Crippen LogP contribution is 2.10. The largest absolute Gasteiger partial charge is 0.508 e. The van der Waals surface area contributed by atoms with Gasteiger partial charge < -0.3 is 15.7 Å². The first-order valence-electron chi connectivity index (χ1n) is 5.67. The van der Waals surface area contributed by atoms with Crippen molar-refractivity contribution in [1.82, 2.24) is 10.6 Å². The van der Waals surface area contributed by atoms with Gasteiger partial charge in [0.1, 0.15) is 5.75 Å². The molecule has 0 aromatic heterocycles. The maximum Gasteiger partial charge on any atom is 0.191 e. The zero-order valence-electron chi connectivity index (χ0n) is 10.5. The molecule has 0 radical (unpaired) electrons. The fourth-order valence-corrected chi connectivity index (χ4v) is 1.28. The molecule has 4 nitrogen and oxygen atoms in total. The van der Waals surface area contributed by atoms with Crippen LogP contribution >= 0.6 is 24.0 Å². The highest BCUT2D eigenvalue weighted by Gasteiger charge is 1.96. The number of aromatic hydroxyl groups is 1. The molecule has 0 aliphatic carbocycles. The Morgan fingerprint density at radius 1 is 1.33 bits per heavy atom. The number of nitrogens with zero attached hydrogens (tertiary/aromatic N) is 1. The average Bonchev–Trinajstić information content (AvgIpc) is 2.35. The molecule has 0 fully saturated rings. The Morgan fingerprint density at radius 2 is 2.00 bits per heavy atom. The second kappa shape index (κ2) is 9.76. The van der Waals surface area contributed by atoms with Gasteiger partial charge in [-0.05, 0) is 24.6 Å². The molecule has 0 amide bonds. The molecule has 0 saturated carbocycles. The number of hydrogen-bond donors (Lipinski definition) is 3. The molecule has 0 heterocycles. The number of phenols is 1. The van der Waals surface area contributed by atoms with Gasteiger partial charge in [0.2, 0.25) is 0 Å². The Bertz CT molecular complexity index is 376. The Labute approximate surface area is 125 Å². The minimum Gasteiger partial charge on any atom is -0.508 e.